The minimum Gasteiger partial charge on any atom is -0.380 e. The van der Waals surface area contributed by atoms with Crippen molar-refractivity contribution in [3.63, 3.8) is 0 Å². The molecule has 0 saturated heterocycles. The van der Waals surface area contributed by atoms with Gasteiger partial charge in [0.15, 0.2) is 0 Å². The highest BCUT2D eigenvalue weighted by Crippen LogP contribution is 2.13. The molecule has 0 heterocycles. The molecule has 0 spiro atoms. The lowest BCUT2D eigenvalue weighted by molar-refractivity contribution is 0.227. The lowest BCUT2D eigenvalue weighted by Crippen LogP contribution is -1.96. The Kier molecular flexibility index (Phi) is 7.51. The van der Waals surface area contributed by atoms with Crippen LogP contribution >= 0.6 is 15.9 Å². The van der Waals surface area contributed by atoms with Gasteiger partial charge in [-0.3, -0.25) is 0 Å². The van der Waals surface area contributed by atoms with E-state index in [1.165, 1.54) is 12.8 Å². The molecule has 0 radical (unpaired) electrons. The zero-order valence-electron chi connectivity index (χ0n) is 7.74. The van der Waals surface area contributed by atoms with E-state index in [9.17, 15) is 0 Å². The molecule has 0 aliphatic rings. The molecule has 0 bridgehead atoms. The minimum absolute atomic E-state index is 0.604. The summed E-state index contributed by atoms with van der Waals surface area (Å²) in [6, 6.07) is 0. The smallest absolute Gasteiger partial charge is 0.0709 e. The van der Waals surface area contributed by atoms with Crippen molar-refractivity contribution in [1.29, 1.82) is 0 Å². The molecule has 12 heavy (non-hydrogen) atoms. The van der Waals surface area contributed by atoms with E-state index in [-0.39, 0.29) is 0 Å². The maximum Gasteiger partial charge on any atom is 0.0709 e. The second-order valence-corrected chi connectivity index (χ2v) is 3.58. The van der Waals surface area contributed by atoms with E-state index in [0.29, 0.717) is 6.61 Å². The Bertz CT molecular complexity index is 152. The molecular weight excluding hydrogens is 216 g/mol. The lowest BCUT2D eigenvalue weighted by atomic mass is 10.0. The third-order valence-corrected chi connectivity index (χ3v) is 2.24. The van der Waals surface area contributed by atoms with Crippen molar-refractivity contribution < 1.29 is 4.74 Å². The average Bonchev–Trinajstić information content (AvgIpc) is 2.05. The Morgan fingerprint density at radius 1 is 1.25 bits per heavy atom. The number of alkyl halides is 1. The Morgan fingerprint density at radius 3 is 2.42 bits per heavy atom. The van der Waals surface area contributed by atoms with Gasteiger partial charge in [0, 0.05) is 12.4 Å². The molecule has 0 aliphatic carbocycles. The Hall–Kier alpha value is -0.0800. The van der Waals surface area contributed by atoms with Gasteiger partial charge in [0.2, 0.25) is 0 Å². The van der Waals surface area contributed by atoms with Gasteiger partial charge in [-0.1, -0.05) is 34.7 Å². The summed E-state index contributed by atoms with van der Waals surface area (Å²) in [6.07, 6.45) is 3.40. The van der Waals surface area contributed by atoms with Crippen LogP contribution in [0.25, 0.3) is 0 Å². The van der Waals surface area contributed by atoms with Crippen LogP contribution in [0.1, 0.15) is 19.3 Å². The fourth-order valence-electron chi connectivity index (χ4n) is 0.886. The van der Waals surface area contributed by atoms with Crippen molar-refractivity contribution >= 4 is 15.9 Å². The SMILES string of the molecule is C=C(CCCCBr)C(=C)COC. The highest BCUT2D eigenvalue weighted by atomic mass is 79.9. The third kappa shape index (κ3) is 5.56. The van der Waals surface area contributed by atoms with Crippen LogP contribution in [0.4, 0.5) is 0 Å². The highest BCUT2D eigenvalue weighted by molar-refractivity contribution is 9.09. The summed E-state index contributed by atoms with van der Waals surface area (Å²) < 4.78 is 4.96. The zero-order chi connectivity index (χ0) is 9.40. The number of rotatable bonds is 7. The van der Waals surface area contributed by atoms with E-state index >= 15 is 0 Å². The topological polar surface area (TPSA) is 9.23 Å². The van der Waals surface area contributed by atoms with Crippen LogP contribution in [-0.2, 0) is 4.74 Å². The van der Waals surface area contributed by atoms with E-state index in [1.807, 2.05) is 0 Å². The van der Waals surface area contributed by atoms with Gasteiger partial charge in [-0.15, -0.1) is 0 Å². The van der Waals surface area contributed by atoms with E-state index in [2.05, 4.69) is 29.1 Å². The predicted molar refractivity (Wildman–Crippen MR) is 57.8 cm³/mol. The van der Waals surface area contributed by atoms with Crippen LogP contribution in [-0.4, -0.2) is 19.0 Å². The van der Waals surface area contributed by atoms with E-state index in [0.717, 1.165) is 22.9 Å². The first-order valence-corrected chi connectivity index (χ1v) is 5.25. The standard InChI is InChI=1S/C10H17BrO/c1-9(6-4-5-7-11)10(2)8-12-3/h1-2,4-8H2,3H3. The van der Waals surface area contributed by atoms with Crippen molar-refractivity contribution in [2.24, 2.45) is 0 Å². The fraction of sp³-hybridized carbons (Fsp3) is 0.600. The summed E-state index contributed by atoms with van der Waals surface area (Å²) in [5.41, 5.74) is 2.14. The van der Waals surface area contributed by atoms with Crippen LogP contribution in [0, 0.1) is 0 Å². The normalized spacial score (nSPS) is 9.83. The second-order valence-electron chi connectivity index (χ2n) is 2.79. The molecule has 70 valence electrons. The molecular formula is C10H17BrO. The van der Waals surface area contributed by atoms with E-state index in [4.69, 9.17) is 4.74 Å². The van der Waals surface area contributed by atoms with Gasteiger partial charge in [0.1, 0.15) is 0 Å². The Labute approximate surface area is 83.6 Å². The Balaban J connectivity index is 3.50. The summed E-state index contributed by atoms with van der Waals surface area (Å²) >= 11 is 3.39. The van der Waals surface area contributed by atoms with Crippen LogP contribution in [0.2, 0.25) is 0 Å². The first-order valence-electron chi connectivity index (χ1n) is 4.13. The summed E-state index contributed by atoms with van der Waals surface area (Å²) in [6.45, 7) is 8.44. The predicted octanol–water partition coefficient (Wildman–Crippen LogP) is 3.31. The molecule has 2 heteroatoms. The number of methoxy groups -OCH3 is 1. The molecule has 0 rings (SSSR count). The first kappa shape index (κ1) is 11.9. The number of unbranched alkanes of at least 4 members (excludes halogenated alkanes) is 1. The molecule has 0 unspecified atom stereocenters. The van der Waals surface area contributed by atoms with Gasteiger partial charge in [0.25, 0.3) is 0 Å². The second kappa shape index (κ2) is 7.56. The highest BCUT2D eigenvalue weighted by Gasteiger charge is 1.98. The van der Waals surface area contributed by atoms with Crippen molar-refractivity contribution in [2.75, 3.05) is 19.0 Å². The van der Waals surface area contributed by atoms with E-state index < -0.39 is 0 Å². The molecule has 0 amide bonds. The van der Waals surface area contributed by atoms with Crippen molar-refractivity contribution in [1.82, 2.24) is 0 Å². The van der Waals surface area contributed by atoms with Crippen LogP contribution in [0.15, 0.2) is 24.3 Å². The largest absolute Gasteiger partial charge is 0.380 e. The van der Waals surface area contributed by atoms with Gasteiger partial charge in [0.05, 0.1) is 6.61 Å². The molecule has 0 saturated carbocycles. The average molecular weight is 233 g/mol. The molecule has 0 aliphatic heterocycles. The molecule has 0 aromatic carbocycles. The van der Waals surface area contributed by atoms with Crippen LogP contribution in [0.3, 0.4) is 0 Å². The first-order chi connectivity index (χ1) is 5.72. The molecule has 1 nitrogen and oxygen atoms in total. The van der Waals surface area contributed by atoms with Gasteiger partial charge in [-0.05, 0) is 24.8 Å². The summed E-state index contributed by atoms with van der Waals surface area (Å²) in [7, 11) is 1.68. The van der Waals surface area contributed by atoms with E-state index in [1.54, 1.807) is 7.11 Å². The number of halogens is 1. The van der Waals surface area contributed by atoms with Gasteiger partial charge in [-0.2, -0.15) is 0 Å². The van der Waals surface area contributed by atoms with Crippen LogP contribution in [0.5, 0.6) is 0 Å². The van der Waals surface area contributed by atoms with Crippen molar-refractivity contribution in [3.8, 4) is 0 Å². The van der Waals surface area contributed by atoms with Crippen molar-refractivity contribution in [2.45, 2.75) is 19.3 Å². The molecule has 0 atom stereocenters. The van der Waals surface area contributed by atoms with Crippen LogP contribution < -0.4 is 0 Å². The number of hydrogen-bond donors (Lipinski definition) is 0. The zero-order valence-corrected chi connectivity index (χ0v) is 9.32. The summed E-state index contributed by atoms with van der Waals surface area (Å²) in [5, 5.41) is 1.07. The summed E-state index contributed by atoms with van der Waals surface area (Å²) in [4.78, 5) is 0. The lowest BCUT2D eigenvalue weighted by Gasteiger charge is -2.07. The Morgan fingerprint density at radius 2 is 1.92 bits per heavy atom. The number of hydrogen-bond acceptors (Lipinski definition) is 1. The quantitative estimate of drug-likeness (QED) is 0.372. The molecule has 0 N–H and O–H groups in total. The summed E-state index contributed by atoms with van der Waals surface area (Å²) in [5.74, 6) is 0. The minimum atomic E-state index is 0.604. The van der Waals surface area contributed by atoms with Gasteiger partial charge >= 0.3 is 0 Å². The molecule has 0 fully saturated rings. The van der Waals surface area contributed by atoms with Gasteiger partial charge in [-0.25, -0.2) is 0 Å². The van der Waals surface area contributed by atoms with Gasteiger partial charge < -0.3 is 4.74 Å². The molecule has 0 aromatic rings. The maximum absolute atomic E-state index is 4.96. The number of ether oxygens (including phenoxy) is 1. The monoisotopic (exact) mass is 232 g/mol. The third-order valence-electron chi connectivity index (χ3n) is 1.68. The maximum atomic E-state index is 4.96. The fourth-order valence-corrected chi connectivity index (χ4v) is 1.28. The van der Waals surface area contributed by atoms with Crippen molar-refractivity contribution in [3.05, 3.63) is 24.3 Å². The molecule has 0 aromatic heterocycles.